The van der Waals surface area contributed by atoms with Crippen molar-refractivity contribution in [2.24, 2.45) is 11.8 Å². The third-order valence-corrected chi connectivity index (χ3v) is 4.92. The molecule has 1 aromatic carbocycles. The highest BCUT2D eigenvalue weighted by molar-refractivity contribution is 5.95. The zero-order valence-corrected chi connectivity index (χ0v) is 11.7. The van der Waals surface area contributed by atoms with Gasteiger partial charge < -0.3 is 0 Å². The van der Waals surface area contributed by atoms with E-state index in [4.69, 9.17) is 0 Å². The standard InChI is InChI=1S/C17H16N2O2/c20-19(21)17-3-1-2-14-15(17)6-7-18-16(14)10-13-9-11-4-5-12(13)8-11/h1-3,6-7,10-12H,4-5,8-9H2/b13-10+. The Morgan fingerprint density at radius 2 is 2.14 bits per heavy atom. The second kappa shape index (κ2) is 4.65. The number of allylic oxidation sites excluding steroid dienone is 1. The first kappa shape index (κ1) is 12.5. The lowest BCUT2D eigenvalue weighted by molar-refractivity contribution is -0.383. The topological polar surface area (TPSA) is 56.0 Å². The molecule has 0 radical (unpaired) electrons. The second-order valence-electron chi connectivity index (χ2n) is 6.12. The smallest absolute Gasteiger partial charge is 0.258 e. The number of hydrogen-bond acceptors (Lipinski definition) is 3. The van der Waals surface area contributed by atoms with Gasteiger partial charge in [-0.1, -0.05) is 17.7 Å². The summed E-state index contributed by atoms with van der Waals surface area (Å²) in [6.45, 7) is 0. The summed E-state index contributed by atoms with van der Waals surface area (Å²) in [4.78, 5) is 15.3. The van der Waals surface area contributed by atoms with E-state index in [1.807, 2.05) is 6.07 Å². The number of aromatic nitrogens is 1. The summed E-state index contributed by atoms with van der Waals surface area (Å²) >= 11 is 0. The van der Waals surface area contributed by atoms with Crippen LogP contribution in [0.5, 0.6) is 0 Å². The van der Waals surface area contributed by atoms with E-state index in [-0.39, 0.29) is 10.6 Å². The average Bonchev–Trinajstić information content (AvgIpc) is 3.09. The molecule has 21 heavy (non-hydrogen) atoms. The predicted octanol–water partition coefficient (Wildman–Crippen LogP) is 4.35. The second-order valence-corrected chi connectivity index (χ2v) is 6.12. The van der Waals surface area contributed by atoms with Crippen LogP contribution in [0.4, 0.5) is 5.69 Å². The number of non-ortho nitro benzene ring substituents is 1. The molecule has 4 rings (SSSR count). The van der Waals surface area contributed by atoms with Crippen molar-refractivity contribution in [3.63, 3.8) is 0 Å². The van der Waals surface area contributed by atoms with Gasteiger partial charge in [-0.2, -0.15) is 0 Å². The van der Waals surface area contributed by atoms with Crippen LogP contribution in [-0.4, -0.2) is 9.91 Å². The Balaban J connectivity index is 1.85. The quantitative estimate of drug-likeness (QED) is 0.607. The van der Waals surface area contributed by atoms with Crippen molar-refractivity contribution in [1.29, 1.82) is 0 Å². The minimum absolute atomic E-state index is 0.155. The zero-order valence-electron chi connectivity index (χ0n) is 11.7. The number of hydrogen-bond donors (Lipinski definition) is 0. The van der Waals surface area contributed by atoms with Crippen molar-refractivity contribution in [3.8, 4) is 0 Å². The van der Waals surface area contributed by atoms with Crippen molar-refractivity contribution >= 4 is 22.5 Å². The van der Waals surface area contributed by atoms with Gasteiger partial charge in [0.2, 0.25) is 0 Å². The van der Waals surface area contributed by atoms with Crippen LogP contribution in [0, 0.1) is 22.0 Å². The summed E-state index contributed by atoms with van der Waals surface area (Å²) in [5.74, 6) is 1.57. The fourth-order valence-corrected chi connectivity index (χ4v) is 3.94. The fraction of sp³-hybridized carbons (Fsp3) is 0.353. The lowest BCUT2D eigenvalue weighted by atomic mass is 9.93. The van der Waals surface area contributed by atoms with E-state index in [1.54, 1.807) is 24.4 Å². The number of rotatable bonds is 2. The predicted molar refractivity (Wildman–Crippen MR) is 81.8 cm³/mol. The van der Waals surface area contributed by atoms with Crippen LogP contribution >= 0.6 is 0 Å². The first-order chi connectivity index (χ1) is 10.2. The molecular formula is C17H16N2O2. The molecule has 1 heterocycles. The molecular weight excluding hydrogens is 264 g/mol. The van der Waals surface area contributed by atoms with Gasteiger partial charge in [0, 0.05) is 17.6 Å². The largest absolute Gasteiger partial charge is 0.277 e. The normalized spacial score (nSPS) is 25.8. The SMILES string of the molecule is O=[N+]([O-])c1cccc2c(/C=C3\CC4CCC3C4)nccc12. The maximum Gasteiger partial charge on any atom is 0.277 e. The highest BCUT2D eigenvalue weighted by atomic mass is 16.6. The molecule has 2 atom stereocenters. The van der Waals surface area contributed by atoms with Gasteiger partial charge in [0.1, 0.15) is 0 Å². The molecule has 0 N–H and O–H groups in total. The highest BCUT2D eigenvalue weighted by Gasteiger charge is 2.35. The van der Waals surface area contributed by atoms with Gasteiger partial charge >= 0.3 is 0 Å². The minimum atomic E-state index is -0.323. The third-order valence-electron chi connectivity index (χ3n) is 4.92. The van der Waals surface area contributed by atoms with Gasteiger partial charge in [0.05, 0.1) is 16.0 Å². The van der Waals surface area contributed by atoms with E-state index < -0.39 is 0 Å². The first-order valence-corrected chi connectivity index (χ1v) is 7.45. The van der Waals surface area contributed by atoms with Crippen LogP contribution in [0.25, 0.3) is 16.8 Å². The summed E-state index contributed by atoms with van der Waals surface area (Å²) in [6.07, 6.45) is 9.00. The molecule has 4 nitrogen and oxygen atoms in total. The van der Waals surface area contributed by atoms with E-state index >= 15 is 0 Å². The Morgan fingerprint density at radius 3 is 2.86 bits per heavy atom. The lowest BCUT2D eigenvalue weighted by Gasteiger charge is -2.13. The number of pyridine rings is 1. The number of nitrogens with zero attached hydrogens (tertiary/aromatic N) is 2. The maximum atomic E-state index is 11.1. The lowest BCUT2D eigenvalue weighted by Crippen LogP contribution is -1.98. The summed E-state index contributed by atoms with van der Waals surface area (Å²) in [5, 5.41) is 12.7. The van der Waals surface area contributed by atoms with Crippen molar-refractivity contribution < 1.29 is 4.92 Å². The molecule has 2 aliphatic rings. The molecule has 2 bridgehead atoms. The minimum Gasteiger partial charge on any atom is -0.258 e. The summed E-state index contributed by atoms with van der Waals surface area (Å²) in [7, 11) is 0. The summed E-state index contributed by atoms with van der Waals surface area (Å²) < 4.78 is 0. The average molecular weight is 280 g/mol. The molecule has 2 aliphatic carbocycles. The monoisotopic (exact) mass is 280 g/mol. The third kappa shape index (κ3) is 2.02. The van der Waals surface area contributed by atoms with Gasteiger partial charge in [0.15, 0.2) is 0 Å². The molecule has 2 saturated carbocycles. The van der Waals surface area contributed by atoms with Gasteiger partial charge in [0.25, 0.3) is 5.69 Å². The van der Waals surface area contributed by atoms with Gasteiger partial charge in [-0.15, -0.1) is 0 Å². The van der Waals surface area contributed by atoms with E-state index in [0.29, 0.717) is 11.3 Å². The maximum absolute atomic E-state index is 11.1. The Bertz CT molecular complexity index is 766. The van der Waals surface area contributed by atoms with E-state index in [9.17, 15) is 10.1 Å². The molecule has 1 aromatic heterocycles. The molecule has 0 aliphatic heterocycles. The van der Waals surface area contributed by atoms with Crippen molar-refractivity contribution in [2.45, 2.75) is 25.7 Å². The molecule has 2 aromatic rings. The van der Waals surface area contributed by atoms with Crippen molar-refractivity contribution in [1.82, 2.24) is 4.98 Å². The Kier molecular flexibility index (Phi) is 2.77. The zero-order chi connectivity index (χ0) is 14.4. The van der Waals surface area contributed by atoms with Crippen LogP contribution in [0.2, 0.25) is 0 Å². The summed E-state index contributed by atoms with van der Waals surface area (Å²) in [6, 6.07) is 6.95. The van der Waals surface area contributed by atoms with Crippen LogP contribution in [0.1, 0.15) is 31.4 Å². The van der Waals surface area contributed by atoms with Crippen LogP contribution in [-0.2, 0) is 0 Å². The molecule has 0 amide bonds. The Hall–Kier alpha value is -2.23. The summed E-state index contributed by atoms with van der Waals surface area (Å²) in [5.41, 5.74) is 2.51. The molecule has 2 fully saturated rings. The number of nitro benzene ring substituents is 1. The molecule has 4 heteroatoms. The Morgan fingerprint density at radius 1 is 1.24 bits per heavy atom. The van der Waals surface area contributed by atoms with Crippen LogP contribution in [0.15, 0.2) is 36.0 Å². The number of nitro groups is 1. The number of fused-ring (bicyclic) bond motifs is 3. The fourth-order valence-electron chi connectivity index (χ4n) is 3.94. The molecule has 0 spiro atoms. The van der Waals surface area contributed by atoms with Crippen LogP contribution in [0.3, 0.4) is 0 Å². The van der Waals surface area contributed by atoms with Gasteiger partial charge in [-0.05, 0) is 49.7 Å². The molecule has 106 valence electrons. The van der Waals surface area contributed by atoms with E-state index in [0.717, 1.165) is 17.0 Å². The van der Waals surface area contributed by atoms with Gasteiger partial charge in [-0.25, -0.2) is 0 Å². The van der Waals surface area contributed by atoms with Crippen molar-refractivity contribution in [3.05, 3.63) is 51.8 Å². The van der Waals surface area contributed by atoms with Gasteiger partial charge in [-0.3, -0.25) is 15.1 Å². The molecule has 0 saturated heterocycles. The number of benzene rings is 1. The van der Waals surface area contributed by atoms with Crippen LogP contribution < -0.4 is 0 Å². The van der Waals surface area contributed by atoms with E-state index in [2.05, 4.69) is 11.1 Å². The first-order valence-electron chi connectivity index (χ1n) is 7.45. The molecule has 2 unspecified atom stereocenters. The van der Waals surface area contributed by atoms with Crippen molar-refractivity contribution in [2.75, 3.05) is 0 Å². The Labute approximate surface area is 122 Å². The van der Waals surface area contributed by atoms with E-state index in [1.165, 1.54) is 31.3 Å². The highest BCUT2D eigenvalue weighted by Crippen LogP contribution is 2.48.